The number of rotatable bonds is 6. The van der Waals surface area contributed by atoms with E-state index in [-0.39, 0.29) is 5.91 Å². The second kappa shape index (κ2) is 8.01. The molecule has 6 heteroatoms. The van der Waals surface area contributed by atoms with Crippen LogP contribution in [0.1, 0.15) is 11.4 Å². The van der Waals surface area contributed by atoms with Crippen molar-refractivity contribution in [1.29, 1.82) is 0 Å². The van der Waals surface area contributed by atoms with E-state index in [4.69, 9.17) is 11.6 Å². The number of para-hydroxylation sites is 1. The van der Waals surface area contributed by atoms with Gasteiger partial charge in [-0.1, -0.05) is 23.7 Å². The first-order valence-electron chi connectivity index (χ1n) is 7.58. The van der Waals surface area contributed by atoms with Crippen LogP contribution >= 0.6 is 34.7 Å². The fourth-order valence-electron chi connectivity index (χ4n) is 2.26. The van der Waals surface area contributed by atoms with Crippen molar-refractivity contribution in [2.75, 3.05) is 12.8 Å². The summed E-state index contributed by atoms with van der Waals surface area (Å²) in [6.07, 6.45) is 0.509. The Bertz CT molecular complexity index is 799. The molecule has 24 heavy (non-hydrogen) atoms. The summed E-state index contributed by atoms with van der Waals surface area (Å²) in [5.41, 5.74) is 0.997. The van der Waals surface area contributed by atoms with E-state index in [1.165, 1.54) is 0 Å². The maximum absolute atomic E-state index is 12.3. The average Bonchev–Trinajstić information content (AvgIpc) is 2.98. The third-order valence-corrected chi connectivity index (χ3v) is 5.82. The molecule has 1 amide bonds. The minimum absolute atomic E-state index is 0.135. The lowest BCUT2D eigenvalue weighted by Crippen LogP contribution is -2.26. The Labute approximate surface area is 154 Å². The van der Waals surface area contributed by atoms with Crippen LogP contribution in [0.4, 0.5) is 0 Å². The van der Waals surface area contributed by atoms with Gasteiger partial charge in [-0.3, -0.25) is 4.79 Å². The first kappa shape index (κ1) is 17.3. The number of hydrogen-bond donors (Lipinski definition) is 0. The number of hydrogen-bond acceptors (Lipinski definition) is 4. The van der Waals surface area contributed by atoms with Gasteiger partial charge in [-0.2, -0.15) is 0 Å². The van der Waals surface area contributed by atoms with Crippen LogP contribution in [-0.4, -0.2) is 28.6 Å². The Balaban J connectivity index is 1.50. The molecule has 3 rings (SSSR count). The SMILES string of the molecule is CN(Cc1nc2ccccc2s1)C(=O)CCSc1ccc(Cl)cc1. The van der Waals surface area contributed by atoms with E-state index in [2.05, 4.69) is 11.1 Å². The summed E-state index contributed by atoms with van der Waals surface area (Å²) in [4.78, 5) is 19.7. The summed E-state index contributed by atoms with van der Waals surface area (Å²) in [5, 5.41) is 1.70. The molecule has 0 fully saturated rings. The lowest BCUT2D eigenvalue weighted by molar-refractivity contribution is -0.129. The lowest BCUT2D eigenvalue weighted by Gasteiger charge is -2.15. The molecule has 124 valence electrons. The van der Waals surface area contributed by atoms with Crippen LogP contribution in [0.25, 0.3) is 10.2 Å². The summed E-state index contributed by atoms with van der Waals surface area (Å²) in [6, 6.07) is 15.7. The Morgan fingerprint density at radius 3 is 2.71 bits per heavy atom. The van der Waals surface area contributed by atoms with Crippen molar-refractivity contribution in [2.45, 2.75) is 17.9 Å². The number of carbonyl (C=O) groups is 1. The molecule has 0 aliphatic rings. The Morgan fingerprint density at radius 2 is 1.96 bits per heavy atom. The van der Waals surface area contributed by atoms with Gasteiger partial charge in [-0.15, -0.1) is 23.1 Å². The topological polar surface area (TPSA) is 33.2 Å². The van der Waals surface area contributed by atoms with Crippen LogP contribution in [0.5, 0.6) is 0 Å². The van der Waals surface area contributed by atoms with Crippen molar-refractivity contribution >= 4 is 50.8 Å². The van der Waals surface area contributed by atoms with Crippen LogP contribution in [0, 0.1) is 0 Å². The van der Waals surface area contributed by atoms with E-state index >= 15 is 0 Å². The second-order valence-electron chi connectivity index (χ2n) is 5.38. The predicted molar refractivity (Wildman–Crippen MR) is 103 cm³/mol. The largest absolute Gasteiger partial charge is 0.339 e. The number of benzene rings is 2. The Hall–Kier alpha value is -1.56. The molecular formula is C18H17ClN2OS2. The van der Waals surface area contributed by atoms with Gasteiger partial charge in [-0.25, -0.2) is 4.98 Å². The summed E-state index contributed by atoms with van der Waals surface area (Å²) >= 11 is 9.18. The van der Waals surface area contributed by atoms with Gasteiger partial charge >= 0.3 is 0 Å². The molecule has 0 saturated carbocycles. The quantitative estimate of drug-likeness (QED) is 0.562. The first-order chi connectivity index (χ1) is 11.6. The van der Waals surface area contributed by atoms with Gasteiger partial charge in [0.15, 0.2) is 0 Å². The molecule has 1 aromatic heterocycles. The van der Waals surface area contributed by atoms with Gasteiger partial charge in [0.05, 0.1) is 16.8 Å². The standard InChI is InChI=1S/C18H17ClN2OS2/c1-21(12-17-20-15-4-2-3-5-16(15)24-17)18(22)10-11-23-14-8-6-13(19)7-9-14/h2-9H,10-12H2,1H3. The normalized spacial score (nSPS) is 10.9. The van der Waals surface area contributed by atoms with E-state index in [1.54, 1.807) is 28.0 Å². The number of aromatic nitrogens is 1. The molecule has 0 aliphatic heterocycles. The van der Waals surface area contributed by atoms with Crippen molar-refractivity contribution in [3.63, 3.8) is 0 Å². The number of thiazole rings is 1. The number of thioether (sulfide) groups is 1. The van der Waals surface area contributed by atoms with Gasteiger partial charge in [0.25, 0.3) is 0 Å². The molecular weight excluding hydrogens is 360 g/mol. The minimum Gasteiger partial charge on any atom is -0.339 e. The third kappa shape index (κ3) is 4.50. The second-order valence-corrected chi connectivity index (χ2v) is 8.10. The van der Waals surface area contributed by atoms with E-state index in [0.29, 0.717) is 13.0 Å². The van der Waals surface area contributed by atoms with Gasteiger partial charge in [0.1, 0.15) is 5.01 Å². The minimum atomic E-state index is 0.135. The third-order valence-electron chi connectivity index (χ3n) is 3.53. The lowest BCUT2D eigenvalue weighted by atomic mass is 10.3. The van der Waals surface area contributed by atoms with Gasteiger partial charge < -0.3 is 4.90 Å². The zero-order valence-corrected chi connectivity index (χ0v) is 15.6. The maximum atomic E-state index is 12.3. The zero-order chi connectivity index (χ0) is 16.9. The van der Waals surface area contributed by atoms with Crippen LogP contribution in [0.2, 0.25) is 5.02 Å². The fourth-order valence-corrected chi connectivity index (χ4v) is 4.24. The molecule has 0 bridgehead atoms. The Morgan fingerprint density at radius 1 is 1.21 bits per heavy atom. The highest BCUT2D eigenvalue weighted by molar-refractivity contribution is 7.99. The molecule has 0 spiro atoms. The van der Waals surface area contributed by atoms with E-state index < -0.39 is 0 Å². The molecule has 0 atom stereocenters. The smallest absolute Gasteiger partial charge is 0.223 e. The molecule has 2 aromatic carbocycles. The summed E-state index contributed by atoms with van der Waals surface area (Å²) in [6.45, 7) is 0.559. The van der Waals surface area contributed by atoms with Gasteiger partial charge in [0.2, 0.25) is 5.91 Å². The van der Waals surface area contributed by atoms with Crippen LogP contribution in [0.15, 0.2) is 53.4 Å². The van der Waals surface area contributed by atoms with Crippen molar-refractivity contribution in [2.24, 2.45) is 0 Å². The maximum Gasteiger partial charge on any atom is 0.223 e. The molecule has 0 saturated heterocycles. The molecule has 3 nitrogen and oxygen atoms in total. The number of amides is 1. The van der Waals surface area contributed by atoms with Crippen LogP contribution in [0.3, 0.4) is 0 Å². The molecule has 3 aromatic rings. The molecule has 0 radical (unpaired) electrons. The molecule has 1 heterocycles. The monoisotopic (exact) mass is 376 g/mol. The first-order valence-corrected chi connectivity index (χ1v) is 9.76. The highest BCUT2D eigenvalue weighted by Crippen LogP contribution is 2.23. The van der Waals surface area contributed by atoms with Crippen molar-refractivity contribution in [1.82, 2.24) is 9.88 Å². The summed E-state index contributed by atoms with van der Waals surface area (Å²) in [7, 11) is 1.83. The molecule has 0 N–H and O–H groups in total. The Kier molecular flexibility index (Phi) is 5.76. The van der Waals surface area contributed by atoms with E-state index in [0.717, 1.165) is 30.9 Å². The number of carbonyl (C=O) groups excluding carboxylic acids is 1. The highest BCUT2D eigenvalue weighted by Gasteiger charge is 2.12. The van der Waals surface area contributed by atoms with Crippen LogP contribution in [-0.2, 0) is 11.3 Å². The van der Waals surface area contributed by atoms with E-state index in [1.807, 2.05) is 49.5 Å². The van der Waals surface area contributed by atoms with Crippen molar-refractivity contribution < 1.29 is 4.79 Å². The number of fused-ring (bicyclic) bond motifs is 1. The fraction of sp³-hybridized carbons (Fsp3) is 0.222. The van der Waals surface area contributed by atoms with Crippen molar-refractivity contribution in [3.05, 3.63) is 58.6 Å². The number of nitrogens with zero attached hydrogens (tertiary/aromatic N) is 2. The molecule has 0 unspecified atom stereocenters. The van der Waals surface area contributed by atoms with Crippen LogP contribution < -0.4 is 0 Å². The highest BCUT2D eigenvalue weighted by atomic mass is 35.5. The zero-order valence-electron chi connectivity index (χ0n) is 13.2. The molecule has 0 aliphatic carbocycles. The van der Waals surface area contributed by atoms with Crippen molar-refractivity contribution in [3.8, 4) is 0 Å². The van der Waals surface area contributed by atoms with Gasteiger partial charge in [0, 0.05) is 29.1 Å². The van der Waals surface area contributed by atoms with Gasteiger partial charge in [-0.05, 0) is 36.4 Å². The summed E-state index contributed by atoms with van der Waals surface area (Å²) in [5.74, 6) is 0.890. The summed E-state index contributed by atoms with van der Waals surface area (Å²) < 4.78 is 1.16. The predicted octanol–water partition coefficient (Wildman–Crippen LogP) is 5.09. The average molecular weight is 377 g/mol. The van der Waals surface area contributed by atoms with E-state index in [9.17, 15) is 4.79 Å². The number of halogens is 1.